The number of likely N-dealkylation sites (tertiary alicyclic amines) is 1. The van der Waals surface area contributed by atoms with Crippen LogP contribution in [0, 0.1) is 0 Å². The first kappa shape index (κ1) is 20.5. The number of nitrogens with one attached hydrogen (secondary N) is 1. The summed E-state index contributed by atoms with van der Waals surface area (Å²) in [7, 11) is 0. The summed E-state index contributed by atoms with van der Waals surface area (Å²) < 4.78 is 0. The van der Waals surface area contributed by atoms with Gasteiger partial charge in [-0.2, -0.15) is 0 Å². The molecule has 2 aliphatic rings. The zero-order valence-corrected chi connectivity index (χ0v) is 18.7. The van der Waals surface area contributed by atoms with E-state index in [2.05, 4.69) is 46.6 Å². The highest BCUT2D eigenvalue weighted by Crippen LogP contribution is 2.35. The van der Waals surface area contributed by atoms with Crippen LogP contribution in [-0.2, 0) is 19.4 Å². The smallest absolute Gasteiger partial charge is 0.263 e. The lowest BCUT2D eigenvalue weighted by Crippen LogP contribution is -2.44. The van der Waals surface area contributed by atoms with Crippen molar-refractivity contribution in [3.63, 3.8) is 0 Å². The van der Waals surface area contributed by atoms with Crippen molar-refractivity contribution in [2.24, 2.45) is 0 Å². The Kier molecular flexibility index (Phi) is 5.92. The van der Waals surface area contributed by atoms with Gasteiger partial charge in [-0.3, -0.25) is 9.69 Å². The van der Waals surface area contributed by atoms with Crippen LogP contribution in [0.15, 0.2) is 36.4 Å². The van der Waals surface area contributed by atoms with Gasteiger partial charge >= 0.3 is 0 Å². The average molecular weight is 435 g/mol. The van der Waals surface area contributed by atoms with Crippen LogP contribution in [0.2, 0.25) is 0 Å². The van der Waals surface area contributed by atoms with Crippen molar-refractivity contribution in [1.82, 2.24) is 15.2 Å². The highest BCUT2D eigenvalue weighted by atomic mass is 32.1. The number of aromatic nitrogens is 1. The maximum atomic E-state index is 13.0. The van der Waals surface area contributed by atoms with Crippen molar-refractivity contribution in [2.75, 3.05) is 18.8 Å². The van der Waals surface area contributed by atoms with Crippen molar-refractivity contribution >= 4 is 33.1 Å². The van der Waals surface area contributed by atoms with Gasteiger partial charge in [0.05, 0.1) is 5.69 Å². The molecule has 5 nitrogen and oxygen atoms in total. The molecule has 1 aliphatic heterocycles. The summed E-state index contributed by atoms with van der Waals surface area (Å²) in [5, 5.41) is 4.19. The molecule has 1 aliphatic carbocycles. The number of amides is 1. The predicted octanol–water partition coefficient (Wildman–Crippen LogP) is 4.54. The first-order chi connectivity index (χ1) is 15.2. The molecule has 1 aromatic carbocycles. The Labute approximate surface area is 187 Å². The zero-order chi connectivity index (χ0) is 21.2. The Bertz CT molecular complexity index is 1070. The number of aryl methyl sites for hydroxylation is 2. The number of carbonyl (C=O) groups is 1. The maximum Gasteiger partial charge on any atom is 0.263 e. The van der Waals surface area contributed by atoms with Gasteiger partial charge in [-0.15, -0.1) is 11.3 Å². The molecular weight excluding hydrogens is 404 g/mol. The zero-order valence-electron chi connectivity index (χ0n) is 17.9. The maximum absolute atomic E-state index is 13.0. The first-order valence-electron chi connectivity index (χ1n) is 11.5. The Morgan fingerprint density at radius 3 is 2.71 bits per heavy atom. The van der Waals surface area contributed by atoms with Gasteiger partial charge in [0.15, 0.2) is 0 Å². The van der Waals surface area contributed by atoms with Gasteiger partial charge in [0.25, 0.3) is 5.91 Å². The van der Waals surface area contributed by atoms with Crippen LogP contribution < -0.4 is 11.1 Å². The van der Waals surface area contributed by atoms with E-state index in [0.29, 0.717) is 10.6 Å². The van der Waals surface area contributed by atoms with Crippen LogP contribution in [0.5, 0.6) is 0 Å². The van der Waals surface area contributed by atoms with Crippen LogP contribution in [0.3, 0.4) is 0 Å². The molecule has 5 rings (SSSR count). The van der Waals surface area contributed by atoms with E-state index in [4.69, 9.17) is 10.7 Å². The summed E-state index contributed by atoms with van der Waals surface area (Å²) in [5.74, 6) is -0.0443. The fraction of sp³-hybridized carbons (Fsp3) is 0.440. The number of thiophene rings is 1. The molecular formula is C25H30N4OS. The molecule has 1 fully saturated rings. The molecule has 3 aromatic rings. The van der Waals surface area contributed by atoms with Gasteiger partial charge in [0.2, 0.25) is 0 Å². The number of fused-ring (bicyclic) bond motifs is 2. The van der Waals surface area contributed by atoms with Crippen LogP contribution in [0.25, 0.3) is 10.2 Å². The third-order valence-electron chi connectivity index (χ3n) is 6.63. The number of rotatable bonds is 4. The molecule has 0 spiro atoms. The van der Waals surface area contributed by atoms with Crippen LogP contribution >= 0.6 is 11.3 Å². The molecule has 1 saturated heterocycles. The lowest BCUT2D eigenvalue weighted by atomic mass is 10.0. The largest absolute Gasteiger partial charge is 0.397 e. The average Bonchev–Trinajstić information content (AvgIpc) is 2.95. The molecule has 0 bridgehead atoms. The van der Waals surface area contributed by atoms with Gasteiger partial charge < -0.3 is 11.1 Å². The fourth-order valence-electron chi connectivity index (χ4n) is 4.83. The summed E-state index contributed by atoms with van der Waals surface area (Å²) in [5.41, 5.74) is 10.9. The number of benzene rings is 1. The number of anilines is 1. The minimum Gasteiger partial charge on any atom is -0.397 e. The predicted molar refractivity (Wildman–Crippen MR) is 127 cm³/mol. The Morgan fingerprint density at radius 1 is 1.13 bits per heavy atom. The summed E-state index contributed by atoms with van der Waals surface area (Å²) in [6, 6.07) is 13.0. The molecule has 0 unspecified atom stereocenters. The topological polar surface area (TPSA) is 71.2 Å². The normalized spacial score (nSPS) is 17.9. The van der Waals surface area contributed by atoms with E-state index in [9.17, 15) is 4.79 Å². The molecule has 3 N–H and O–H groups in total. The highest BCUT2D eigenvalue weighted by Gasteiger charge is 2.24. The van der Waals surface area contributed by atoms with E-state index in [1.165, 1.54) is 47.4 Å². The third-order valence-corrected chi connectivity index (χ3v) is 7.74. The van der Waals surface area contributed by atoms with Crippen molar-refractivity contribution in [2.45, 2.75) is 57.5 Å². The molecule has 0 saturated carbocycles. The third kappa shape index (κ3) is 4.46. The second kappa shape index (κ2) is 8.97. The highest BCUT2D eigenvalue weighted by molar-refractivity contribution is 7.21. The van der Waals surface area contributed by atoms with E-state index in [0.717, 1.165) is 55.5 Å². The monoisotopic (exact) mass is 434 g/mol. The fourth-order valence-corrected chi connectivity index (χ4v) is 5.83. The van der Waals surface area contributed by atoms with Gasteiger partial charge in [-0.05, 0) is 55.7 Å². The number of carbonyl (C=O) groups excluding carboxylic acids is 1. The Hall–Kier alpha value is -2.44. The quantitative estimate of drug-likeness (QED) is 0.592. The summed E-state index contributed by atoms with van der Waals surface area (Å²) in [4.78, 5) is 21.9. The number of nitrogens with zero attached hydrogens (tertiary/aromatic N) is 2. The van der Waals surface area contributed by atoms with Crippen molar-refractivity contribution in [1.29, 1.82) is 0 Å². The number of nitrogens with two attached hydrogens (primary N) is 1. The van der Waals surface area contributed by atoms with Crippen molar-refractivity contribution in [3.8, 4) is 0 Å². The summed E-state index contributed by atoms with van der Waals surface area (Å²) in [6.07, 6.45) is 7.70. The summed E-state index contributed by atoms with van der Waals surface area (Å²) >= 11 is 1.44. The van der Waals surface area contributed by atoms with E-state index < -0.39 is 0 Å². The van der Waals surface area contributed by atoms with Gasteiger partial charge in [-0.1, -0.05) is 36.8 Å². The lowest BCUT2D eigenvalue weighted by molar-refractivity contribution is 0.0914. The number of pyridine rings is 1. The second-order valence-electron chi connectivity index (χ2n) is 8.86. The number of hydrogen-bond donors (Lipinski definition) is 2. The van der Waals surface area contributed by atoms with Crippen LogP contribution in [-0.4, -0.2) is 34.9 Å². The molecule has 0 atom stereocenters. The van der Waals surface area contributed by atoms with Crippen LogP contribution in [0.4, 0.5) is 5.69 Å². The van der Waals surface area contributed by atoms with E-state index >= 15 is 0 Å². The molecule has 2 aromatic heterocycles. The molecule has 31 heavy (non-hydrogen) atoms. The molecule has 6 heteroatoms. The number of nitrogen functional groups attached to an aromatic ring is 1. The summed E-state index contributed by atoms with van der Waals surface area (Å²) in [6.45, 7) is 2.97. The second-order valence-corrected chi connectivity index (χ2v) is 9.86. The van der Waals surface area contributed by atoms with Crippen molar-refractivity contribution < 1.29 is 4.79 Å². The molecule has 0 radical (unpaired) electrons. The molecule has 1 amide bonds. The van der Waals surface area contributed by atoms with Gasteiger partial charge in [0.1, 0.15) is 9.71 Å². The first-order valence-corrected chi connectivity index (χ1v) is 12.3. The lowest BCUT2D eigenvalue weighted by Gasteiger charge is -2.32. The van der Waals surface area contributed by atoms with E-state index in [-0.39, 0.29) is 11.9 Å². The van der Waals surface area contributed by atoms with Crippen LogP contribution in [0.1, 0.15) is 58.6 Å². The van der Waals surface area contributed by atoms with Gasteiger partial charge in [-0.25, -0.2) is 4.98 Å². The number of piperidine rings is 1. The van der Waals surface area contributed by atoms with Gasteiger partial charge in [0, 0.05) is 36.8 Å². The minimum atomic E-state index is -0.0443. The number of hydrogen-bond acceptors (Lipinski definition) is 5. The Balaban J connectivity index is 1.24. The van der Waals surface area contributed by atoms with E-state index in [1.807, 2.05) is 0 Å². The van der Waals surface area contributed by atoms with E-state index in [1.54, 1.807) is 0 Å². The Morgan fingerprint density at radius 2 is 1.90 bits per heavy atom. The molecule has 3 heterocycles. The standard InChI is InChI=1S/C25H30N4OS/c26-22-20-15-18-9-5-2-6-10-21(18)28-25(20)31-23(22)24(30)27-19-11-13-29(14-12-19)16-17-7-3-1-4-8-17/h1,3-4,7-8,15,19H,2,5-6,9-14,16,26H2,(H,27,30). The minimum absolute atomic E-state index is 0.0443. The molecule has 162 valence electrons. The van der Waals surface area contributed by atoms with Crippen molar-refractivity contribution in [3.05, 3.63) is 58.1 Å². The SMILES string of the molecule is Nc1c(C(=O)NC2CCN(Cc3ccccc3)CC2)sc2nc3c(cc12)CCCCC3.